The first kappa shape index (κ1) is 15.5. The van der Waals surface area contributed by atoms with Crippen molar-refractivity contribution in [3.8, 4) is 11.5 Å². The quantitative estimate of drug-likeness (QED) is 0.923. The van der Waals surface area contributed by atoms with E-state index in [-0.39, 0.29) is 11.9 Å². The summed E-state index contributed by atoms with van der Waals surface area (Å²) in [7, 11) is 3.23. The topological polar surface area (TPSA) is 54.6 Å². The molecule has 1 atom stereocenters. The molecule has 1 N–H and O–H groups in total. The number of methoxy groups -OCH3 is 2. The maximum Gasteiger partial charge on any atom is 0.227 e. The number of aromatic amines is 1. The van der Waals surface area contributed by atoms with Gasteiger partial charge in [-0.1, -0.05) is 6.07 Å². The van der Waals surface area contributed by atoms with Crippen LogP contribution >= 0.6 is 0 Å². The van der Waals surface area contributed by atoms with Crippen molar-refractivity contribution < 1.29 is 14.3 Å². The van der Waals surface area contributed by atoms with Gasteiger partial charge in [0.2, 0.25) is 5.91 Å². The van der Waals surface area contributed by atoms with Crippen molar-refractivity contribution in [3.63, 3.8) is 0 Å². The van der Waals surface area contributed by atoms with Crippen LogP contribution in [0.4, 0.5) is 0 Å². The second-order valence-electron chi connectivity index (χ2n) is 5.73. The molecule has 1 aromatic carbocycles. The Bertz CT molecular complexity index is 667. The molecule has 1 aliphatic rings. The molecular weight excluding hydrogens is 292 g/mol. The highest BCUT2D eigenvalue weighted by atomic mass is 16.5. The first-order valence-electron chi connectivity index (χ1n) is 7.86. The maximum atomic E-state index is 12.8. The smallest absolute Gasteiger partial charge is 0.227 e. The summed E-state index contributed by atoms with van der Waals surface area (Å²) in [6.07, 6.45) is 4.29. The first-order valence-corrected chi connectivity index (χ1v) is 7.86. The zero-order valence-electron chi connectivity index (χ0n) is 13.5. The third-order valence-corrected chi connectivity index (χ3v) is 4.39. The molecule has 0 saturated carbocycles. The standard InChI is InChI=1S/C18H22N2O3/c1-22-14-8-7-13(17(12-14)23-2)11-18(21)20-10-4-6-16(20)15-5-3-9-19-15/h3,5,7-9,12,16,19H,4,6,10-11H2,1-2H3. The van der Waals surface area contributed by atoms with Crippen molar-refractivity contribution in [2.75, 3.05) is 20.8 Å². The van der Waals surface area contributed by atoms with E-state index < -0.39 is 0 Å². The van der Waals surface area contributed by atoms with Crippen molar-refractivity contribution in [2.45, 2.75) is 25.3 Å². The SMILES string of the molecule is COc1ccc(CC(=O)N2CCCC2c2ccc[nH]2)c(OC)c1. The van der Waals surface area contributed by atoms with E-state index in [1.54, 1.807) is 14.2 Å². The number of aromatic nitrogens is 1. The van der Waals surface area contributed by atoms with Crippen LogP contribution in [0.1, 0.15) is 30.1 Å². The Kier molecular flexibility index (Phi) is 4.55. The van der Waals surface area contributed by atoms with Gasteiger partial charge in [-0.15, -0.1) is 0 Å². The van der Waals surface area contributed by atoms with Gasteiger partial charge in [0.25, 0.3) is 0 Å². The molecule has 122 valence electrons. The van der Waals surface area contributed by atoms with Crippen molar-refractivity contribution in [3.05, 3.63) is 47.8 Å². The number of hydrogen-bond donors (Lipinski definition) is 1. The minimum Gasteiger partial charge on any atom is -0.497 e. The summed E-state index contributed by atoms with van der Waals surface area (Å²) in [5.41, 5.74) is 1.99. The van der Waals surface area contributed by atoms with Gasteiger partial charge < -0.3 is 19.4 Å². The molecule has 1 aromatic heterocycles. The normalized spacial score (nSPS) is 17.3. The van der Waals surface area contributed by atoms with E-state index in [2.05, 4.69) is 4.98 Å². The number of hydrogen-bond acceptors (Lipinski definition) is 3. The van der Waals surface area contributed by atoms with Crippen molar-refractivity contribution >= 4 is 5.91 Å². The fourth-order valence-electron chi connectivity index (χ4n) is 3.20. The second kappa shape index (κ2) is 6.77. The molecule has 23 heavy (non-hydrogen) atoms. The van der Waals surface area contributed by atoms with Gasteiger partial charge in [-0.2, -0.15) is 0 Å². The predicted octanol–water partition coefficient (Wildman–Crippen LogP) is 2.94. The van der Waals surface area contributed by atoms with Crippen LogP contribution in [0.2, 0.25) is 0 Å². The van der Waals surface area contributed by atoms with E-state index in [4.69, 9.17) is 9.47 Å². The summed E-state index contributed by atoms with van der Waals surface area (Å²) in [5.74, 6) is 1.54. The van der Waals surface area contributed by atoms with Gasteiger partial charge in [0.05, 0.1) is 26.7 Å². The number of carbonyl (C=O) groups is 1. The van der Waals surface area contributed by atoms with Gasteiger partial charge in [-0.05, 0) is 31.0 Å². The van der Waals surface area contributed by atoms with Crippen LogP contribution in [0.3, 0.4) is 0 Å². The van der Waals surface area contributed by atoms with Gasteiger partial charge in [-0.3, -0.25) is 4.79 Å². The molecule has 2 aromatic rings. The minimum absolute atomic E-state index is 0.130. The van der Waals surface area contributed by atoms with E-state index in [1.807, 2.05) is 41.4 Å². The highest BCUT2D eigenvalue weighted by Crippen LogP contribution is 2.32. The summed E-state index contributed by atoms with van der Waals surface area (Å²) in [6, 6.07) is 9.75. The maximum absolute atomic E-state index is 12.8. The van der Waals surface area contributed by atoms with Crippen LogP contribution in [-0.2, 0) is 11.2 Å². The Morgan fingerprint density at radius 2 is 2.17 bits per heavy atom. The van der Waals surface area contributed by atoms with E-state index in [0.29, 0.717) is 12.2 Å². The molecule has 1 saturated heterocycles. The molecule has 1 aliphatic heterocycles. The number of H-pyrrole nitrogens is 1. The number of likely N-dealkylation sites (tertiary alicyclic amines) is 1. The third kappa shape index (κ3) is 3.18. The van der Waals surface area contributed by atoms with Crippen molar-refractivity contribution in [1.29, 1.82) is 0 Å². The number of nitrogens with zero attached hydrogens (tertiary/aromatic N) is 1. The monoisotopic (exact) mass is 314 g/mol. The lowest BCUT2D eigenvalue weighted by atomic mass is 10.1. The number of nitrogens with one attached hydrogen (secondary N) is 1. The Morgan fingerprint density at radius 3 is 2.87 bits per heavy atom. The first-order chi connectivity index (χ1) is 11.2. The molecule has 0 aliphatic carbocycles. The number of carbonyl (C=O) groups excluding carboxylic acids is 1. The number of ether oxygens (including phenoxy) is 2. The van der Waals surface area contributed by atoms with Crippen LogP contribution in [0.5, 0.6) is 11.5 Å². The Balaban J connectivity index is 1.76. The van der Waals surface area contributed by atoms with E-state index >= 15 is 0 Å². The van der Waals surface area contributed by atoms with Gasteiger partial charge in [0.15, 0.2) is 0 Å². The van der Waals surface area contributed by atoms with Crippen LogP contribution in [0.15, 0.2) is 36.5 Å². The van der Waals surface area contributed by atoms with Crippen molar-refractivity contribution in [1.82, 2.24) is 9.88 Å². The summed E-state index contributed by atoms with van der Waals surface area (Å²) in [5, 5.41) is 0. The second-order valence-corrected chi connectivity index (χ2v) is 5.73. The molecule has 0 spiro atoms. The summed E-state index contributed by atoms with van der Waals surface area (Å²) in [4.78, 5) is 18.0. The molecule has 5 heteroatoms. The molecule has 0 bridgehead atoms. The van der Waals surface area contributed by atoms with Crippen LogP contribution in [0.25, 0.3) is 0 Å². The Labute approximate surface area is 136 Å². The molecule has 1 fully saturated rings. The zero-order chi connectivity index (χ0) is 16.2. The fraction of sp³-hybridized carbons (Fsp3) is 0.389. The average molecular weight is 314 g/mol. The Hall–Kier alpha value is -2.43. The van der Waals surface area contributed by atoms with Gasteiger partial charge in [-0.25, -0.2) is 0 Å². The molecule has 3 rings (SSSR count). The zero-order valence-corrected chi connectivity index (χ0v) is 13.5. The van der Waals surface area contributed by atoms with Gasteiger partial charge in [0, 0.05) is 30.1 Å². The molecular formula is C18H22N2O3. The predicted molar refractivity (Wildman–Crippen MR) is 87.7 cm³/mol. The molecule has 1 unspecified atom stereocenters. The number of amides is 1. The summed E-state index contributed by atoms with van der Waals surface area (Å²) < 4.78 is 10.6. The Morgan fingerprint density at radius 1 is 1.30 bits per heavy atom. The lowest BCUT2D eigenvalue weighted by molar-refractivity contribution is -0.131. The van der Waals surface area contributed by atoms with Crippen LogP contribution in [-0.4, -0.2) is 36.6 Å². The highest BCUT2D eigenvalue weighted by molar-refractivity contribution is 5.80. The fourth-order valence-corrected chi connectivity index (χ4v) is 3.20. The summed E-state index contributed by atoms with van der Waals surface area (Å²) in [6.45, 7) is 0.807. The lowest BCUT2D eigenvalue weighted by Gasteiger charge is -2.24. The summed E-state index contributed by atoms with van der Waals surface area (Å²) >= 11 is 0. The van der Waals surface area contributed by atoms with Crippen molar-refractivity contribution in [2.24, 2.45) is 0 Å². The molecule has 5 nitrogen and oxygen atoms in total. The number of rotatable bonds is 5. The van der Waals surface area contributed by atoms with Gasteiger partial charge in [0.1, 0.15) is 11.5 Å². The minimum atomic E-state index is 0.130. The lowest BCUT2D eigenvalue weighted by Crippen LogP contribution is -2.32. The van der Waals surface area contributed by atoms with Gasteiger partial charge >= 0.3 is 0 Å². The highest BCUT2D eigenvalue weighted by Gasteiger charge is 2.30. The third-order valence-electron chi connectivity index (χ3n) is 4.39. The van der Waals surface area contributed by atoms with Crippen LogP contribution < -0.4 is 9.47 Å². The van der Waals surface area contributed by atoms with E-state index in [0.717, 1.165) is 36.4 Å². The number of benzene rings is 1. The molecule has 2 heterocycles. The molecule has 0 radical (unpaired) electrons. The largest absolute Gasteiger partial charge is 0.497 e. The van der Waals surface area contributed by atoms with Crippen LogP contribution in [0, 0.1) is 0 Å². The van der Waals surface area contributed by atoms with E-state index in [1.165, 1.54) is 0 Å². The molecule has 1 amide bonds. The van der Waals surface area contributed by atoms with E-state index in [9.17, 15) is 4.79 Å². The average Bonchev–Trinajstić information content (AvgIpc) is 3.25.